The molecule has 0 aliphatic heterocycles. The van der Waals surface area contributed by atoms with Crippen molar-refractivity contribution >= 4 is 55.4 Å². The minimum atomic E-state index is -4.17. The van der Waals surface area contributed by atoms with E-state index in [4.69, 9.17) is 9.11 Å². The first-order chi connectivity index (χ1) is 10.2. The fourth-order valence-electron chi connectivity index (χ4n) is 1.43. The average molecular weight is 511 g/mol. The van der Waals surface area contributed by atoms with Crippen LogP contribution in [0.15, 0.2) is 58.3 Å². The van der Waals surface area contributed by atoms with Gasteiger partial charge in [-0.15, -0.1) is 0 Å². The molecule has 0 amide bonds. The van der Waals surface area contributed by atoms with E-state index >= 15 is 0 Å². The Morgan fingerprint density at radius 2 is 0.870 bits per heavy atom. The van der Waals surface area contributed by atoms with Crippen molar-refractivity contribution in [3.63, 3.8) is 0 Å². The third-order valence-corrected chi connectivity index (χ3v) is 11.4. The molecular formula is C12H10KO6S2Se2+. The summed E-state index contributed by atoms with van der Waals surface area (Å²) in [5.74, 6) is 0. The van der Waals surface area contributed by atoms with Crippen molar-refractivity contribution in [2.45, 2.75) is 9.79 Å². The molecule has 2 rings (SSSR count). The van der Waals surface area contributed by atoms with Crippen LogP contribution in [0.1, 0.15) is 0 Å². The minimum absolute atomic E-state index is 0. The summed E-state index contributed by atoms with van der Waals surface area (Å²) in [6, 6.07) is 12.0. The predicted octanol–water partition coefficient (Wildman–Crippen LogP) is -3.54. The van der Waals surface area contributed by atoms with E-state index in [0.29, 0.717) is 0 Å². The van der Waals surface area contributed by atoms with Gasteiger partial charge in [0.25, 0.3) is 0 Å². The molecule has 0 saturated heterocycles. The van der Waals surface area contributed by atoms with E-state index in [0.717, 1.165) is 8.92 Å². The van der Waals surface area contributed by atoms with Crippen molar-refractivity contribution in [3.8, 4) is 0 Å². The fraction of sp³-hybridized carbons (Fsp3) is 0. The molecule has 0 spiro atoms. The molecule has 0 aromatic heterocycles. The molecule has 0 fully saturated rings. The van der Waals surface area contributed by atoms with Crippen LogP contribution in [0.25, 0.3) is 0 Å². The van der Waals surface area contributed by atoms with Gasteiger partial charge >= 0.3 is 191 Å². The second kappa shape index (κ2) is 9.04. The van der Waals surface area contributed by atoms with E-state index in [1.165, 1.54) is 24.3 Å². The van der Waals surface area contributed by atoms with E-state index in [1.54, 1.807) is 24.3 Å². The Morgan fingerprint density at radius 3 is 1.09 bits per heavy atom. The summed E-state index contributed by atoms with van der Waals surface area (Å²) in [6.07, 6.45) is 0. The monoisotopic (exact) mass is 513 g/mol. The third-order valence-electron chi connectivity index (χ3n) is 2.48. The topological polar surface area (TPSA) is 109 Å². The second-order valence-corrected chi connectivity index (χ2v) is 13.2. The maximum absolute atomic E-state index is 10.9. The van der Waals surface area contributed by atoms with E-state index < -0.39 is 20.2 Å². The Hall–Kier alpha value is 0.935. The molecule has 6 nitrogen and oxygen atoms in total. The molecule has 2 aromatic rings. The number of rotatable bonds is 5. The van der Waals surface area contributed by atoms with Gasteiger partial charge in [-0.25, -0.2) is 0 Å². The Balaban J connectivity index is 0.00000264. The summed E-state index contributed by atoms with van der Waals surface area (Å²) in [5.41, 5.74) is 0. The quantitative estimate of drug-likeness (QED) is 0.318. The first-order valence-electron chi connectivity index (χ1n) is 5.66. The summed E-state index contributed by atoms with van der Waals surface area (Å²) >= 11 is 0.175. The van der Waals surface area contributed by atoms with Crippen LogP contribution < -0.4 is 60.3 Å². The van der Waals surface area contributed by atoms with Crippen molar-refractivity contribution in [1.29, 1.82) is 0 Å². The van der Waals surface area contributed by atoms with Crippen molar-refractivity contribution in [3.05, 3.63) is 48.5 Å². The number of hydrogen-bond donors (Lipinski definition) is 2. The van der Waals surface area contributed by atoms with Crippen LogP contribution >= 0.6 is 0 Å². The first-order valence-corrected chi connectivity index (χ1v) is 14.6. The molecule has 2 N–H and O–H groups in total. The van der Waals surface area contributed by atoms with Crippen molar-refractivity contribution in [1.82, 2.24) is 0 Å². The summed E-state index contributed by atoms with van der Waals surface area (Å²) in [7, 11) is -8.35. The Kier molecular flexibility index (Phi) is 8.64. The van der Waals surface area contributed by atoms with Crippen LogP contribution in [0.2, 0.25) is 0 Å². The van der Waals surface area contributed by atoms with Gasteiger partial charge in [-0.1, -0.05) is 0 Å². The van der Waals surface area contributed by atoms with Crippen LogP contribution in [-0.2, 0) is 20.2 Å². The second-order valence-electron chi connectivity index (χ2n) is 4.06. The van der Waals surface area contributed by atoms with Gasteiger partial charge in [-0.2, -0.15) is 0 Å². The van der Waals surface area contributed by atoms with Gasteiger partial charge < -0.3 is 0 Å². The average Bonchev–Trinajstić information content (AvgIpc) is 2.44. The summed E-state index contributed by atoms with van der Waals surface area (Å²) < 4.78 is 63.5. The van der Waals surface area contributed by atoms with Gasteiger partial charge in [0, 0.05) is 0 Å². The largest absolute Gasteiger partial charge is 1.00 e. The molecule has 11 heteroatoms. The van der Waals surface area contributed by atoms with Crippen molar-refractivity contribution in [2.24, 2.45) is 0 Å². The Bertz CT molecular complexity index is 789. The molecule has 0 aliphatic carbocycles. The van der Waals surface area contributed by atoms with Gasteiger partial charge in [-0.05, 0) is 0 Å². The standard InChI is InChI=1S/C12H10O6S2Se2.K/c13-19(14,15)9-1-5-11(6-2-9)21-22-12-7-3-10(4-8-12)20(16,17)18;/h1-8H,(H,13,14,15)(H,16,17,18);/q;+1. The van der Waals surface area contributed by atoms with E-state index in [1.807, 2.05) is 0 Å². The zero-order chi connectivity index (χ0) is 16.4. The molecule has 2 aromatic carbocycles. The molecule has 0 unspecified atom stereocenters. The fourth-order valence-corrected chi connectivity index (χ4v) is 8.35. The van der Waals surface area contributed by atoms with Gasteiger partial charge in [0.05, 0.1) is 0 Å². The molecule has 0 atom stereocenters. The Morgan fingerprint density at radius 1 is 0.609 bits per heavy atom. The van der Waals surface area contributed by atoms with Crippen molar-refractivity contribution < 1.29 is 77.3 Å². The van der Waals surface area contributed by atoms with Crippen LogP contribution in [0.5, 0.6) is 0 Å². The van der Waals surface area contributed by atoms with Gasteiger partial charge in [0.15, 0.2) is 0 Å². The SMILES string of the molecule is O=S(=O)(O)c1ccc([Se][Se]c2ccc(S(=O)(=O)O)cc2)cc1.[K+]. The molecule has 0 radical (unpaired) electrons. The molecular weight excluding hydrogens is 501 g/mol. The van der Waals surface area contributed by atoms with Crippen LogP contribution in [0.3, 0.4) is 0 Å². The van der Waals surface area contributed by atoms with Gasteiger partial charge in [0.2, 0.25) is 0 Å². The van der Waals surface area contributed by atoms with E-state index in [9.17, 15) is 16.8 Å². The predicted molar refractivity (Wildman–Crippen MR) is 83.3 cm³/mol. The smallest absolute Gasteiger partial charge is 1.00 e. The summed E-state index contributed by atoms with van der Waals surface area (Å²) in [5, 5.41) is 0. The van der Waals surface area contributed by atoms with Crippen molar-refractivity contribution in [2.75, 3.05) is 0 Å². The van der Waals surface area contributed by atoms with Crippen LogP contribution in [0, 0.1) is 0 Å². The number of hydrogen-bond acceptors (Lipinski definition) is 4. The zero-order valence-corrected chi connectivity index (χ0v) is 20.0. The third kappa shape index (κ3) is 6.99. The number of benzene rings is 2. The summed E-state index contributed by atoms with van der Waals surface area (Å²) in [4.78, 5) is -0.283. The Labute approximate surface area is 188 Å². The van der Waals surface area contributed by atoms with Crippen LogP contribution in [-0.4, -0.2) is 52.2 Å². The molecule has 23 heavy (non-hydrogen) atoms. The molecule has 0 saturated carbocycles. The van der Waals surface area contributed by atoms with Crippen LogP contribution in [0.4, 0.5) is 0 Å². The first kappa shape index (κ1) is 22.0. The van der Waals surface area contributed by atoms with Gasteiger partial charge in [-0.3, -0.25) is 0 Å². The summed E-state index contributed by atoms with van der Waals surface area (Å²) in [6.45, 7) is 0. The molecule has 0 aliphatic rings. The van der Waals surface area contributed by atoms with E-state index in [-0.39, 0.29) is 87.4 Å². The van der Waals surface area contributed by atoms with E-state index in [2.05, 4.69) is 0 Å². The minimum Gasteiger partial charge on any atom is 1.00 e. The molecule has 118 valence electrons. The normalized spacial score (nSPS) is 11.7. The molecule has 0 bridgehead atoms. The zero-order valence-electron chi connectivity index (χ0n) is 11.8. The molecule has 0 heterocycles. The maximum atomic E-state index is 10.9. The maximum Gasteiger partial charge on any atom is 1.00 e. The van der Waals surface area contributed by atoms with Gasteiger partial charge in [0.1, 0.15) is 0 Å².